The maximum Gasteiger partial charge on any atom is 0.271 e. The number of amides is 1. The van der Waals surface area contributed by atoms with Crippen molar-refractivity contribution in [3.05, 3.63) is 107 Å². The van der Waals surface area contributed by atoms with Crippen LogP contribution in [0.1, 0.15) is 34.0 Å². The molecule has 0 aliphatic rings. The molecule has 0 aliphatic carbocycles. The fourth-order valence-electron chi connectivity index (χ4n) is 3.53. The number of carbonyl (C=O) groups excluding carboxylic acids is 1. The van der Waals surface area contributed by atoms with Gasteiger partial charge in [0.05, 0.1) is 24.5 Å². The Morgan fingerprint density at radius 1 is 0.971 bits per heavy atom. The van der Waals surface area contributed by atoms with Crippen molar-refractivity contribution in [3.8, 4) is 17.6 Å². The summed E-state index contributed by atoms with van der Waals surface area (Å²) in [7, 11) is 0. The molecule has 0 saturated heterocycles. The Morgan fingerprint density at radius 2 is 1.74 bits per heavy atom. The Bertz CT molecular complexity index is 1370. The number of ether oxygens (including phenoxy) is 2. The number of nitrogens with zero attached hydrogens (tertiary/aromatic N) is 2. The fraction of sp³-hybridized carbons (Fsp3) is 0.107. The van der Waals surface area contributed by atoms with Gasteiger partial charge in [-0.15, -0.1) is 0 Å². The van der Waals surface area contributed by atoms with Gasteiger partial charge in [0.15, 0.2) is 0 Å². The lowest BCUT2D eigenvalue weighted by Gasteiger charge is -2.12. The van der Waals surface area contributed by atoms with Gasteiger partial charge in [-0.05, 0) is 54.1 Å². The third-order valence-corrected chi connectivity index (χ3v) is 5.24. The molecule has 1 amide bonds. The molecule has 1 N–H and O–H groups in total. The molecule has 0 fully saturated rings. The number of nitrogens with one attached hydrogen (secondary N) is 1. The number of carbonyl (C=O) groups is 1. The Labute approximate surface area is 198 Å². The lowest BCUT2D eigenvalue weighted by atomic mass is 10.0. The van der Waals surface area contributed by atoms with E-state index < -0.39 is 0 Å². The van der Waals surface area contributed by atoms with E-state index in [-0.39, 0.29) is 12.5 Å². The van der Waals surface area contributed by atoms with Crippen molar-refractivity contribution in [2.75, 3.05) is 6.61 Å². The molecule has 4 aromatic rings. The average Bonchev–Trinajstić information content (AvgIpc) is 2.88. The largest absolute Gasteiger partial charge is 0.494 e. The van der Waals surface area contributed by atoms with Crippen molar-refractivity contribution in [1.82, 2.24) is 5.43 Å². The van der Waals surface area contributed by atoms with E-state index in [1.54, 1.807) is 36.5 Å². The molecule has 34 heavy (non-hydrogen) atoms. The fourth-order valence-corrected chi connectivity index (χ4v) is 3.53. The van der Waals surface area contributed by atoms with Crippen LogP contribution in [0.5, 0.6) is 11.5 Å². The van der Waals surface area contributed by atoms with E-state index in [0.29, 0.717) is 29.2 Å². The lowest BCUT2D eigenvalue weighted by Crippen LogP contribution is -2.17. The van der Waals surface area contributed by atoms with Gasteiger partial charge in [-0.3, -0.25) is 4.79 Å². The first kappa shape index (κ1) is 22.6. The molecule has 0 radical (unpaired) electrons. The first-order valence-corrected chi connectivity index (χ1v) is 10.9. The lowest BCUT2D eigenvalue weighted by molar-refractivity contribution is 0.0955. The van der Waals surface area contributed by atoms with E-state index in [1.165, 1.54) is 0 Å². The number of hydrazone groups is 1. The summed E-state index contributed by atoms with van der Waals surface area (Å²) in [6, 6.07) is 28.1. The van der Waals surface area contributed by atoms with Crippen molar-refractivity contribution >= 4 is 22.9 Å². The third-order valence-electron chi connectivity index (χ3n) is 5.24. The van der Waals surface area contributed by atoms with E-state index in [2.05, 4.69) is 16.6 Å². The predicted molar refractivity (Wildman–Crippen MR) is 132 cm³/mol. The summed E-state index contributed by atoms with van der Waals surface area (Å²) in [6.45, 7) is 2.71. The Balaban J connectivity index is 1.56. The van der Waals surface area contributed by atoms with Crippen molar-refractivity contribution in [2.24, 2.45) is 5.10 Å². The van der Waals surface area contributed by atoms with Crippen LogP contribution in [0.3, 0.4) is 0 Å². The second-order valence-electron chi connectivity index (χ2n) is 7.41. The minimum atomic E-state index is -0.329. The molecule has 6 nitrogen and oxygen atoms in total. The molecule has 4 rings (SSSR count). The zero-order chi connectivity index (χ0) is 23.8. The van der Waals surface area contributed by atoms with Gasteiger partial charge in [0, 0.05) is 16.7 Å². The highest BCUT2D eigenvalue weighted by molar-refractivity contribution is 6.03. The third kappa shape index (κ3) is 5.22. The maximum atomic E-state index is 12.5. The van der Waals surface area contributed by atoms with Crippen molar-refractivity contribution in [2.45, 2.75) is 13.5 Å². The van der Waals surface area contributed by atoms with Gasteiger partial charge in [-0.2, -0.15) is 10.4 Å². The number of fused-ring (bicyclic) bond motifs is 1. The van der Waals surface area contributed by atoms with Crippen LogP contribution in [0.2, 0.25) is 0 Å². The smallest absolute Gasteiger partial charge is 0.271 e. The molecule has 0 aromatic heterocycles. The first-order chi connectivity index (χ1) is 16.7. The van der Waals surface area contributed by atoms with Crippen LogP contribution in [-0.4, -0.2) is 18.7 Å². The minimum absolute atomic E-state index is 0.238. The van der Waals surface area contributed by atoms with Gasteiger partial charge in [-0.1, -0.05) is 48.5 Å². The van der Waals surface area contributed by atoms with Crippen LogP contribution in [-0.2, 0) is 6.61 Å². The monoisotopic (exact) mass is 449 g/mol. The average molecular weight is 450 g/mol. The van der Waals surface area contributed by atoms with Gasteiger partial charge >= 0.3 is 0 Å². The van der Waals surface area contributed by atoms with E-state index in [0.717, 1.165) is 21.9 Å². The molecule has 0 bridgehead atoms. The van der Waals surface area contributed by atoms with Crippen LogP contribution in [0.25, 0.3) is 10.8 Å². The SMILES string of the molecule is CCOc1ccc(C(=O)N/N=C/c2c(OCc3ccccc3C#N)ccc3ccccc23)cc1. The van der Waals surface area contributed by atoms with Crippen molar-refractivity contribution in [1.29, 1.82) is 5.26 Å². The number of rotatable bonds is 8. The Hall–Kier alpha value is -4.63. The topological polar surface area (TPSA) is 83.7 Å². The number of hydrogen-bond donors (Lipinski definition) is 1. The molecule has 0 unspecified atom stereocenters. The molecule has 0 aliphatic heterocycles. The van der Waals surface area contributed by atoms with Crippen LogP contribution in [0.4, 0.5) is 0 Å². The molecule has 0 spiro atoms. The summed E-state index contributed by atoms with van der Waals surface area (Å²) in [6.07, 6.45) is 1.58. The van der Waals surface area contributed by atoms with Crippen LogP contribution in [0.15, 0.2) is 90.0 Å². The maximum absolute atomic E-state index is 12.5. The molecular weight excluding hydrogens is 426 g/mol. The number of nitriles is 1. The predicted octanol–water partition coefficient (Wildman–Crippen LogP) is 5.45. The quantitative estimate of drug-likeness (QED) is 0.286. The van der Waals surface area contributed by atoms with Gasteiger partial charge in [-0.25, -0.2) is 5.43 Å². The van der Waals surface area contributed by atoms with Gasteiger partial charge in [0.25, 0.3) is 5.91 Å². The summed E-state index contributed by atoms with van der Waals surface area (Å²) >= 11 is 0. The van der Waals surface area contributed by atoms with Crippen LogP contribution < -0.4 is 14.9 Å². The standard InChI is InChI=1S/C28H23N3O3/c1-2-33-24-14-11-21(12-15-24)28(32)31-30-18-26-25-10-6-5-7-20(25)13-16-27(26)34-19-23-9-4-3-8-22(23)17-29/h3-16,18H,2,19H2,1H3,(H,31,32)/b30-18+. The summed E-state index contributed by atoms with van der Waals surface area (Å²) in [5.74, 6) is 0.980. The van der Waals surface area contributed by atoms with Crippen molar-refractivity contribution < 1.29 is 14.3 Å². The zero-order valence-electron chi connectivity index (χ0n) is 18.7. The normalized spacial score (nSPS) is 10.7. The van der Waals surface area contributed by atoms with E-state index in [9.17, 15) is 10.1 Å². The highest BCUT2D eigenvalue weighted by Crippen LogP contribution is 2.27. The van der Waals surface area contributed by atoms with Gasteiger partial charge in [0.1, 0.15) is 18.1 Å². The molecule has 0 saturated carbocycles. The highest BCUT2D eigenvalue weighted by Gasteiger charge is 2.10. The van der Waals surface area contributed by atoms with E-state index >= 15 is 0 Å². The molecular formula is C28H23N3O3. The molecule has 4 aromatic carbocycles. The number of benzene rings is 4. The molecule has 168 valence electrons. The van der Waals surface area contributed by atoms with E-state index in [1.807, 2.05) is 61.5 Å². The Morgan fingerprint density at radius 3 is 2.53 bits per heavy atom. The van der Waals surface area contributed by atoms with Gasteiger partial charge < -0.3 is 9.47 Å². The van der Waals surface area contributed by atoms with E-state index in [4.69, 9.17) is 9.47 Å². The summed E-state index contributed by atoms with van der Waals surface area (Å²) in [5, 5.41) is 15.5. The minimum Gasteiger partial charge on any atom is -0.494 e. The zero-order valence-corrected chi connectivity index (χ0v) is 18.7. The summed E-state index contributed by atoms with van der Waals surface area (Å²) in [4.78, 5) is 12.5. The molecule has 6 heteroatoms. The number of hydrogen-bond acceptors (Lipinski definition) is 5. The van der Waals surface area contributed by atoms with Crippen LogP contribution >= 0.6 is 0 Å². The summed E-state index contributed by atoms with van der Waals surface area (Å²) < 4.78 is 11.5. The van der Waals surface area contributed by atoms with Gasteiger partial charge in [0.2, 0.25) is 0 Å². The second kappa shape index (κ2) is 10.8. The van der Waals surface area contributed by atoms with Crippen molar-refractivity contribution in [3.63, 3.8) is 0 Å². The highest BCUT2D eigenvalue weighted by atomic mass is 16.5. The first-order valence-electron chi connectivity index (χ1n) is 10.9. The Kier molecular flexibility index (Phi) is 7.16. The van der Waals surface area contributed by atoms with Crippen LogP contribution in [0, 0.1) is 11.3 Å². The second-order valence-corrected chi connectivity index (χ2v) is 7.41. The molecule has 0 atom stereocenters. The summed E-state index contributed by atoms with van der Waals surface area (Å²) in [5.41, 5.74) is 5.15. The molecule has 0 heterocycles.